The summed E-state index contributed by atoms with van der Waals surface area (Å²) in [5, 5.41) is 17.3. The Morgan fingerprint density at radius 2 is 2.18 bits per heavy atom. The Balaban J connectivity index is 2.62. The lowest BCUT2D eigenvalue weighted by atomic mass is 9.53. The van der Waals surface area contributed by atoms with Crippen LogP contribution in [0.4, 0.5) is 0 Å². The largest absolute Gasteiger partial charge is 0.458 e. The molecule has 1 rings (SSSR count). The van der Waals surface area contributed by atoms with E-state index in [0.717, 1.165) is 12.8 Å². The van der Waals surface area contributed by atoms with Crippen molar-refractivity contribution >= 4 is 12.9 Å². The fraction of sp³-hybridized carbons (Fsp3) is 0.857. The van der Waals surface area contributed by atoms with E-state index in [9.17, 15) is 4.79 Å². The lowest BCUT2D eigenvalue weighted by molar-refractivity contribution is -0.121. The van der Waals surface area contributed by atoms with Crippen molar-refractivity contribution in [3.05, 3.63) is 0 Å². The van der Waals surface area contributed by atoms with Crippen LogP contribution < -0.4 is 0 Å². The Labute approximate surface area is 66.6 Å². The van der Waals surface area contributed by atoms with Crippen LogP contribution in [0.5, 0.6) is 0 Å². The summed E-state index contributed by atoms with van der Waals surface area (Å²) in [6, 6.07) is 0. The third-order valence-electron chi connectivity index (χ3n) is 2.43. The van der Waals surface area contributed by atoms with Gasteiger partial charge in [0.05, 0.1) is 0 Å². The zero-order valence-electron chi connectivity index (χ0n) is 6.71. The van der Waals surface area contributed by atoms with E-state index in [1.807, 2.05) is 0 Å². The molecule has 1 unspecified atom stereocenters. The quantitative estimate of drug-likeness (QED) is 0.539. The maximum atomic E-state index is 11.0. The molecule has 1 saturated carbocycles. The van der Waals surface area contributed by atoms with Crippen molar-refractivity contribution in [3.8, 4) is 0 Å². The average Bonchev–Trinajstić information content (AvgIpc) is 1.86. The van der Waals surface area contributed by atoms with Crippen molar-refractivity contribution in [2.75, 3.05) is 0 Å². The monoisotopic (exact) mass is 156 g/mol. The van der Waals surface area contributed by atoms with Gasteiger partial charge in [-0.3, -0.25) is 4.79 Å². The van der Waals surface area contributed by atoms with Crippen LogP contribution in [-0.2, 0) is 4.79 Å². The van der Waals surface area contributed by atoms with E-state index in [2.05, 4.69) is 0 Å². The first kappa shape index (κ1) is 8.75. The molecule has 0 spiro atoms. The molecule has 1 aliphatic rings. The summed E-state index contributed by atoms with van der Waals surface area (Å²) in [6.45, 7) is 1.74. The summed E-state index contributed by atoms with van der Waals surface area (Å²) in [5.74, 6) is 0.145. The molecule has 1 fully saturated rings. The molecular weight excluding hydrogens is 143 g/mol. The highest BCUT2D eigenvalue weighted by atomic mass is 16.4. The molecule has 62 valence electrons. The molecule has 0 saturated heterocycles. The molecule has 0 aliphatic heterocycles. The van der Waals surface area contributed by atoms with E-state index < -0.39 is 12.4 Å². The Morgan fingerprint density at radius 3 is 2.55 bits per heavy atom. The standard InChI is InChI=1S/C7H13BO3/c1-7(8(10)11)4-2-3-6(9)5-7/h10-11H,2-5H2,1H3. The smallest absolute Gasteiger partial charge is 0.427 e. The Hall–Kier alpha value is -0.345. The zero-order chi connectivity index (χ0) is 8.48. The van der Waals surface area contributed by atoms with E-state index in [-0.39, 0.29) is 5.78 Å². The lowest BCUT2D eigenvalue weighted by Gasteiger charge is -2.31. The second-order valence-electron chi connectivity index (χ2n) is 3.60. The van der Waals surface area contributed by atoms with Gasteiger partial charge in [-0.2, -0.15) is 0 Å². The van der Waals surface area contributed by atoms with E-state index in [4.69, 9.17) is 10.0 Å². The van der Waals surface area contributed by atoms with Gasteiger partial charge in [-0.05, 0) is 12.8 Å². The molecular formula is C7H13BO3. The van der Waals surface area contributed by atoms with Gasteiger partial charge in [0.2, 0.25) is 0 Å². The first-order valence-electron chi connectivity index (χ1n) is 3.92. The number of hydrogen-bond acceptors (Lipinski definition) is 3. The second-order valence-corrected chi connectivity index (χ2v) is 3.60. The molecule has 0 bridgehead atoms. The minimum absolute atomic E-state index is 0.145. The number of carbonyl (C=O) groups is 1. The van der Waals surface area contributed by atoms with Gasteiger partial charge in [-0.1, -0.05) is 6.92 Å². The summed E-state index contributed by atoms with van der Waals surface area (Å²) in [4.78, 5) is 11.0. The SMILES string of the molecule is CC1(B(O)O)CCCC(=O)C1. The maximum Gasteiger partial charge on any atom is 0.458 e. The highest BCUT2D eigenvalue weighted by Crippen LogP contribution is 2.41. The summed E-state index contributed by atoms with van der Waals surface area (Å²) in [5.41, 5.74) is 0. The third-order valence-corrected chi connectivity index (χ3v) is 2.43. The van der Waals surface area contributed by atoms with Crippen molar-refractivity contribution in [1.29, 1.82) is 0 Å². The normalized spacial score (nSPS) is 32.1. The summed E-state index contributed by atoms with van der Waals surface area (Å²) in [6.07, 6.45) is 2.43. The minimum atomic E-state index is -1.35. The predicted octanol–water partition coefficient (Wildman–Crippen LogP) is 0.363. The van der Waals surface area contributed by atoms with Gasteiger partial charge < -0.3 is 10.0 Å². The van der Waals surface area contributed by atoms with Gasteiger partial charge in [0, 0.05) is 18.2 Å². The number of hydrogen-bond donors (Lipinski definition) is 2. The average molecular weight is 156 g/mol. The first-order chi connectivity index (χ1) is 5.04. The molecule has 0 amide bonds. The molecule has 11 heavy (non-hydrogen) atoms. The van der Waals surface area contributed by atoms with Gasteiger partial charge in [0.15, 0.2) is 0 Å². The van der Waals surface area contributed by atoms with Crippen LogP contribution >= 0.6 is 0 Å². The molecule has 3 nitrogen and oxygen atoms in total. The van der Waals surface area contributed by atoms with E-state index >= 15 is 0 Å². The van der Waals surface area contributed by atoms with Crippen molar-refractivity contribution < 1.29 is 14.8 Å². The topological polar surface area (TPSA) is 57.5 Å². The van der Waals surface area contributed by atoms with Crippen molar-refractivity contribution in [1.82, 2.24) is 0 Å². The molecule has 0 heterocycles. The molecule has 4 heteroatoms. The van der Waals surface area contributed by atoms with Crippen LogP contribution in [0.15, 0.2) is 0 Å². The second kappa shape index (κ2) is 2.95. The van der Waals surface area contributed by atoms with Crippen molar-refractivity contribution in [2.45, 2.75) is 37.9 Å². The maximum absolute atomic E-state index is 11.0. The Morgan fingerprint density at radius 1 is 1.55 bits per heavy atom. The minimum Gasteiger partial charge on any atom is -0.427 e. The van der Waals surface area contributed by atoms with Crippen LogP contribution in [-0.4, -0.2) is 22.9 Å². The molecule has 1 aliphatic carbocycles. The fourth-order valence-corrected chi connectivity index (χ4v) is 1.54. The molecule has 0 aromatic rings. The van der Waals surface area contributed by atoms with Crippen LogP contribution in [0.25, 0.3) is 0 Å². The van der Waals surface area contributed by atoms with E-state index in [1.165, 1.54) is 0 Å². The molecule has 0 aromatic carbocycles. The molecule has 2 N–H and O–H groups in total. The van der Waals surface area contributed by atoms with Gasteiger partial charge >= 0.3 is 7.12 Å². The fourth-order valence-electron chi connectivity index (χ4n) is 1.54. The molecule has 1 atom stereocenters. The van der Waals surface area contributed by atoms with E-state index in [1.54, 1.807) is 6.92 Å². The number of rotatable bonds is 1. The Kier molecular flexibility index (Phi) is 2.35. The van der Waals surface area contributed by atoms with Crippen LogP contribution in [0, 0.1) is 0 Å². The predicted molar refractivity (Wildman–Crippen MR) is 42.0 cm³/mol. The molecule has 0 aromatic heterocycles. The van der Waals surface area contributed by atoms with Gasteiger partial charge in [0.1, 0.15) is 5.78 Å². The van der Waals surface area contributed by atoms with Crippen LogP contribution in [0.3, 0.4) is 0 Å². The third kappa shape index (κ3) is 1.82. The number of Topliss-reactive ketones (excluding diaryl/α,β-unsaturated/α-hetero) is 1. The molecule has 0 radical (unpaired) electrons. The zero-order valence-corrected chi connectivity index (χ0v) is 6.71. The van der Waals surface area contributed by atoms with Crippen LogP contribution in [0.1, 0.15) is 32.6 Å². The number of carbonyl (C=O) groups excluding carboxylic acids is 1. The van der Waals surface area contributed by atoms with Crippen LogP contribution in [0.2, 0.25) is 5.31 Å². The van der Waals surface area contributed by atoms with Gasteiger partial charge in [-0.25, -0.2) is 0 Å². The number of ketones is 1. The Bertz CT molecular complexity index is 169. The van der Waals surface area contributed by atoms with E-state index in [0.29, 0.717) is 12.8 Å². The van der Waals surface area contributed by atoms with Gasteiger partial charge in [-0.15, -0.1) is 0 Å². The summed E-state index contributed by atoms with van der Waals surface area (Å²) >= 11 is 0. The van der Waals surface area contributed by atoms with Crippen molar-refractivity contribution in [3.63, 3.8) is 0 Å². The lowest BCUT2D eigenvalue weighted by Crippen LogP contribution is -2.35. The highest BCUT2D eigenvalue weighted by molar-refractivity contribution is 6.46. The van der Waals surface area contributed by atoms with Crippen molar-refractivity contribution in [2.24, 2.45) is 0 Å². The highest BCUT2D eigenvalue weighted by Gasteiger charge is 2.40. The van der Waals surface area contributed by atoms with Gasteiger partial charge in [0.25, 0.3) is 0 Å². The summed E-state index contributed by atoms with van der Waals surface area (Å²) < 4.78 is 0. The first-order valence-corrected chi connectivity index (χ1v) is 3.92. The summed E-state index contributed by atoms with van der Waals surface area (Å²) in [7, 11) is -1.35.